The minimum absolute atomic E-state index is 0.456. The second kappa shape index (κ2) is 8.22. The van der Waals surface area contributed by atoms with Gasteiger partial charge in [0, 0.05) is 4.90 Å². The van der Waals surface area contributed by atoms with Gasteiger partial charge < -0.3 is 10.2 Å². The van der Waals surface area contributed by atoms with Crippen molar-refractivity contribution >= 4 is 35.0 Å². The number of rotatable bonds is 7. The molecule has 17 heavy (non-hydrogen) atoms. The van der Waals surface area contributed by atoms with Gasteiger partial charge in [-0.15, -0.1) is 11.8 Å². The molecule has 2 N–H and O–H groups in total. The standard InChI is InChI=1S/C12H16Cl2O2S/c13-10-6-5-9(8-11(10)14)17-7-3-1-2-4-12(15)16/h5-6,8,12,15-16H,1-4,7H2. The van der Waals surface area contributed by atoms with E-state index in [9.17, 15) is 0 Å². The van der Waals surface area contributed by atoms with Crippen LogP contribution in [0.15, 0.2) is 23.1 Å². The summed E-state index contributed by atoms with van der Waals surface area (Å²) in [4.78, 5) is 1.11. The number of unbranched alkanes of at least 4 members (excludes halogenated alkanes) is 2. The Kier molecular flexibility index (Phi) is 7.32. The largest absolute Gasteiger partial charge is 0.368 e. The summed E-state index contributed by atoms with van der Waals surface area (Å²) >= 11 is 13.5. The molecule has 0 bridgehead atoms. The van der Waals surface area contributed by atoms with E-state index in [0.29, 0.717) is 16.5 Å². The second-order valence-electron chi connectivity index (χ2n) is 3.75. The minimum atomic E-state index is -1.17. The molecule has 0 fully saturated rings. The third kappa shape index (κ3) is 6.53. The van der Waals surface area contributed by atoms with E-state index in [1.165, 1.54) is 0 Å². The molecule has 0 aliphatic rings. The van der Waals surface area contributed by atoms with Crippen LogP contribution < -0.4 is 0 Å². The van der Waals surface area contributed by atoms with Crippen LogP contribution in [0.25, 0.3) is 0 Å². The van der Waals surface area contributed by atoms with Crippen LogP contribution >= 0.6 is 35.0 Å². The monoisotopic (exact) mass is 294 g/mol. The van der Waals surface area contributed by atoms with E-state index < -0.39 is 6.29 Å². The van der Waals surface area contributed by atoms with Crippen molar-refractivity contribution in [3.63, 3.8) is 0 Å². The number of aliphatic hydroxyl groups is 2. The lowest BCUT2D eigenvalue weighted by Gasteiger charge is -2.04. The predicted octanol–water partition coefficient (Wildman–Crippen LogP) is 3.96. The first-order valence-electron chi connectivity index (χ1n) is 5.53. The first-order valence-corrected chi connectivity index (χ1v) is 7.27. The average Bonchev–Trinajstić information content (AvgIpc) is 2.27. The molecule has 1 rings (SSSR count). The van der Waals surface area contributed by atoms with E-state index >= 15 is 0 Å². The van der Waals surface area contributed by atoms with Crippen molar-refractivity contribution in [1.29, 1.82) is 0 Å². The van der Waals surface area contributed by atoms with Crippen LogP contribution in [0.4, 0.5) is 0 Å². The summed E-state index contributed by atoms with van der Waals surface area (Å²) in [5.41, 5.74) is 0. The normalized spacial score (nSPS) is 11.1. The van der Waals surface area contributed by atoms with Gasteiger partial charge >= 0.3 is 0 Å². The minimum Gasteiger partial charge on any atom is -0.368 e. The van der Waals surface area contributed by atoms with Crippen molar-refractivity contribution in [2.24, 2.45) is 0 Å². The lowest BCUT2D eigenvalue weighted by Crippen LogP contribution is -2.02. The number of thioether (sulfide) groups is 1. The maximum atomic E-state index is 8.67. The summed E-state index contributed by atoms with van der Waals surface area (Å²) in [6.07, 6.45) is 2.19. The Labute approximate surface area is 116 Å². The molecular weight excluding hydrogens is 279 g/mol. The van der Waals surface area contributed by atoms with Gasteiger partial charge in [0.05, 0.1) is 10.0 Å². The van der Waals surface area contributed by atoms with Crippen LogP contribution in [-0.4, -0.2) is 22.3 Å². The number of halogens is 2. The van der Waals surface area contributed by atoms with Gasteiger partial charge in [-0.05, 0) is 43.2 Å². The van der Waals surface area contributed by atoms with Gasteiger partial charge in [0.15, 0.2) is 6.29 Å². The van der Waals surface area contributed by atoms with Crippen LogP contribution in [0.3, 0.4) is 0 Å². The summed E-state index contributed by atoms with van der Waals surface area (Å²) in [6.45, 7) is 0. The van der Waals surface area contributed by atoms with Crippen LogP contribution in [0, 0.1) is 0 Å². The number of aliphatic hydroxyl groups excluding tert-OH is 1. The Morgan fingerprint density at radius 2 is 1.82 bits per heavy atom. The molecule has 0 radical (unpaired) electrons. The Bertz CT molecular complexity index is 345. The molecule has 1 aromatic rings. The Morgan fingerprint density at radius 3 is 2.47 bits per heavy atom. The van der Waals surface area contributed by atoms with Crippen LogP contribution in [0.1, 0.15) is 25.7 Å². The van der Waals surface area contributed by atoms with Crippen LogP contribution in [0.2, 0.25) is 10.0 Å². The van der Waals surface area contributed by atoms with Crippen molar-refractivity contribution < 1.29 is 10.2 Å². The zero-order valence-corrected chi connectivity index (χ0v) is 11.7. The van der Waals surface area contributed by atoms with Crippen molar-refractivity contribution in [3.05, 3.63) is 28.2 Å². The summed E-state index contributed by atoms with van der Waals surface area (Å²) in [6, 6.07) is 5.62. The highest BCUT2D eigenvalue weighted by Crippen LogP contribution is 2.28. The quantitative estimate of drug-likeness (QED) is 0.454. The van der Waals surface area contributed by atoms with Crippen molar-refractivity contribution in [3.8, 4) is 0 Å². The molecule has 0 atom stereocenters. The van der Waals surface area contributed by atoms with E-state index in [1.54, 1.807) is 17.8 Å². The molecule has 1 aromatic carbocycles. The molecular formula is C12H16Cl2O2S. The highest BCUT2D eigenvalue weighted by Gasteiger charge is 2.01. The third-order valence-electron chi connectivity index (χ3n) is 2.27. The maximum Gasteiger partial charge on any atom is 0.151 e. The Balaban J connectivity index is 2.16. The SMILES string of the molecule is OC(O)CCCCCSc1ccc(Cl)c(Cl)c1. The highest BCUT2D eigenvalue weighted by molar-refractivity contribution is 7.99. The van der Waals surface area contributed by atoms with E-state index in [1.807, 2.05) is 12.1 Å². The fourth-order valence-electron chi connectivity index (χ4n) is 1.36. The van der Waals surface area contributed by atoms with Gasteiger partial charge in [-0.3, -0.25) is 0 Å². The summed E-state index contributed by atoms with van der Waals surface area (Å²) < 4.78 is 0. The molecule has 0 unspecified atom stereocenters. The second-order valence-corrected chi connectivity index (χ2v) is 5.74. The number of hydrogen-bond donors (Lipinski definition) is 2. The Hall–Kier alpha value is 0.0700. The van der Waals surface area contributed by atoms with Crippen LogP contribution in [0.5, 0.6) is 0 Å². The molecule has 0 spiro atoms. The van der Waals surface area contributed by atoms with Gasteiger partial charge in [-0.1, -0.05) is 29.6 Å². The molecule has 0 saturated carbocycles. The van der Waals surface area contributed by atoms with Crippen molar-refractivity contribution in [1.82, 2.24) is 0 Å². The zero-order chi connectivity index (χ0) is 12.7. The van der Waals surface area contributed by atoms with Crippen molar-refractivity contribution in [2.75, 3.05) is 5.75 Å². The van der Waals surface area contributed by atoms with E-state index in [4.69, 9.17) is 33.4 Å². The fraction of sp³-hybridized carbons (Fsp3) is 0.500. The zero-order valence-electron chi connectivity index (χ0n) is 9.40. The molecule has 0 aliphatic carbocycles. The first kappa shape index (κ1) is 15.1. The molecule has 96 valence electrons. The summed E-state index contributed by atoms with van der Waals surface area (Å²) in [5, 5.41) is 18.5. The van der Waals surface area contributed by atoms with Gasteiger partial charge in [0.25, 0.3) is 0 Å². The smallest absolute Gasteiger partial charge is 0.151 e. The number of benzene rings is 1. The van der Waals surface area contributed by atoms with Gasteiger partial charge in [-0.2, -0.15) is 0 Å². The van der Waals surface area contributed by atoms with Gasteiger partial charge in [-0.25, -0.2) is 0 Å². The molecule has 0 saturated heterocycles. The lowest BCUT2D eigenvalue weighted by molar-refractivity contribution is -0.0465. The lowest BCUT2D eigenvalue weighted by atomic mass is 10.2. The summed E-state index contributed by atoms with van der Waals surface area (Å²) in [7, 11) is 0. The average molecular weight is 295 g/mol. The van der Waals surface area contributed by atoms with E-state index in [0.717, 1.165) is 29.9 Å². The van der Waals surface area contributed by atoms with E-state index in [-0.39, 0.29) is 0 Å². The fourth-order valence-corrected chi connectivity index (χ4v) is 2.67. The highest BCUT2D eigenvalue weighted by atomic mass is 35.5. The Morgan fingerprint density at radius 1 is 1.06 bits per heavy atom. The molecule has 0 aromatic heterocycles. The van der Waals surface area contributed by atoms with Crippen molar-refractivity contribution in [2.45, 2.75) is 36.9 Å². The molecule has 0 aliphatic heterocycles. The van der Waals surface area contributed by atoms with Gasteiger partial charge in [0.2, 0.25) is 0 Å². The molecule has 2 nitrogen and oxygen atoms in total. The maximum absolute atomic E-state index is 8.67. The predicted molar refractivity (Wildman–Crippen MR) is 73.9 cm³/mol. The molecule has 0 heterocycles. The summed E-state index contributed by atoms with van der Waals surface area (Å²) in [5.74, 6) is 0.999. The first-order chi connectivity index (χ1) is 8.09. The third-order valence-corrected chi connectivity index (χ3v) is 4.09. The van der Waals surface area contributed by atoms with Gasteiger partial charge in [0.1, 0.15) is 0 Å². The number of hydrogen-bond acceptors (Lipinski definition) is 3. The van der Waals surface area contributed by atoms with Crippen LogP contribution in [-0.2, 0) is 0 Å². The topological polar surface area (TPSA) is 40.5 Å². The van der Waals surface area contributed by atoms with E-state index in [2.05, 4.69) is 0 Å². The molecule has 5 heteroatoms. The molecule has 0 amide bonds.